The number of benzene rings is 2. The minimum absolute atomic E-state index is 0.0383. The number of carboxylic acid groups (broad SMARTS) is 1. The summed E-state index contributed by atoms with van der Waals surface area (Å²) in [6, 6.07) is 13.2. The van der Waals surface area contributed by atoms with E-state index < -0.39 is 61.4 Å². The number of nitriles is 1. The predicted molar refractivity (Wildman–Crippen MR) is 169 cm³/mol. The quantitative estimate of drug-likeness (QED) is 0.436. The van der Waals surface area contributed by atoms with Crippen molar-refractivity contribution in [3.63, 3.8) is 0 Å². The number of nitrogens with one attached hydrogen (secondary N) is 1. The second kappa shape index (κ2) is 11.8. The van der Waals surface area contributed by atoms with Crippen molar-refractivity contribution in [2.45, 2.75) is 86.1 Å². The van der Waals surface area contributed by atoms with Crippen molar-refractivity contribution >= 4 is 50.9 Å². The molecule has 0 radical (unpaired) electrons. The van der Waals surface area contributed by atoms with Crippen LogP contribution in [-0.4, -0.2) is 77.2 Å². The number of likely N-dealkylation sites (tertiary alicyclic amines) is 2. The van der Waals surface area contributed by atoms with E-state index in [1.54, 1.807) is 36.4 Å². The van der Waals surface area contributed by atoms with Gasteiger partial charge in [-0.05, 0) is 67.3 Å². The summed E-state index contributed by atoms with van der Waals surface area (Å²) in [6.45, 7) is 5.50. The van der Waals surface area contributed by atoms with Crippen LogP contribution >= 0.6 is 23.2 Å². The molecule has 5 rings (SSSR count). The van der Waals surface area contributed by atoms with E-state index in [0.717, 1.165) is 0 Å². The van der Waals surface area contributed by atoms with Crippen molar-refractivity contribution in [2.24, 2.45) is 5.41 Å². The Labute approximate surface area is 273 Å². The molecule has 1 saturated carbocycles. The molecule has 2 heterocycles. The summed E-state index contributed by atoms with van der Waals surface area (Å²) in [6.07, 6.45) is -0.135. The van der Waals surface area contributed by atoms with Gasteiger partial charge in [-0.15, -0.1) is 0 Å². The molecule has 0 aromatic heterocycles. The number of nitrogens with zero attached hydrogens (tertiary/aromatic N) is 3. The van der Waals surface area contributed by atoms with Crippen molar-refractivity contribution in [2.75, 3.05) is 13.1 Å². The molecule has 2 N–H and O–H groups in total. The Morgan fingerprint density at radius 3 is 2.22 bits per heavy atom. The average Bonchev–Trinajstić information content (AvgIpc) is 3.61. The van der Waals surface area contributed by atoms with Gasteiger partial charge in [-0.2, -0.15) is 5.26 Å². The first kappa shape index (κ1) is 33.0. The lowest BCUT2D eigenvalue weighted by atomic mass is 9.65. The summed E-state index contributed by atoms with van der Waals surface area (Å²) in [4.78, 5) is 43.8. The van der Waals surface area contributed by atoms with Crippen LogP contribution in [0.5, 0.6) is 0 Å². The number of rotatable bonds is 6. The zero-order valence-electron chi connectivity index (χ0n) is 25.3. The van der Waals surface area contributed by atoms with Crippen LogP contribution in [-0.2, 0) is 24.8 Å². The van der Waals surface area contributed by atoms with Gasteiger partial charge in [0.05, 0.1) is 26.7 Å². The number of piperidine rings is 1. The summed E-state index contributed by atoms with van der Waals surface area (Å²) in [5.74, 6) is -1.07. The number of halogens is 2. The monoisotopic (exact) mass is 674 g/mol. The van der Waals surface area contributed by atoms with E-state index in [9.17, 15) is 28.4 Å². The molecule has 0 spiro atoms. The van der Waals surface area contributed by atoms with Gasteiger partial charge >= 0.3 is 6.09 Å². The Kier molecular flexibility index (Phi) is 8.66. The Morgan fingerprint density at radius 1 is 1.02 bits per heavy atom. The van der Waals surface area contributed by atoms with Crippen LogP contribution in [0.25, 0.3) is 0 Å². The zero-order chi connectivity index (χ0) is 32.9. The summed E-state index contributed by atoms with van der Waals surface area (Å²) in [7, 11) is -4.08. The first-order chi connectivity index (χ1) is 21.0. The summed E-state index contributed by atoms with van der Waals surface area (Å²) in [5, 5.41) is 21.8. The molecule has 2 unspecified atom stereocenters. The van der Waals surface area contributed by atoms with Crippen LogP contribution in [0.15, 0.2) is 53.4 Å². The molecule has 0 bridgehead atoms. The number of sulfone groups is 1. The third-order valence-electron chi connectivity index (χ3n) is 9.48. The van der Waals surface area contributed by atoms with E-state index in [4.69, 9.17) is 23.2 Å². The molecule has 3 amide bonds. The highest BCUT2D eigenvalue weighted by Crippen LogP contribution is 2.47. The van der Waals surface area contributed by atoms with Gasteiger partial charge in [-0.1, -0.05) is 68.2 Å². The Morgan fingerprint density at radius 2 is 1.67 bits per heavy atom. The van der Waals surface area contributed by atoms with Gasteiger partial charge in [0.25, 0.3) is 0 Å². The van der Waals surface area contributed by atoms with Crippen LogP contribution in [0.4, 0.5) is 4.79 Å². The molecule has 3 aliphatic rings. The molecule has 3 fully saturated rings. The molecular formula is C32H36Cl2N4O6S. The normalized spacial score (nSPS) is 26.2. The maximum atomic E-state index is 15.1. The van der Waals surface area contributed by atoms with E-state index in [1.165, 1.54) is 21.9 Å². The molecule has 2 saturated heterocycles. The Hall–Kier alpha value is -3.33. The van der Waals surface area contributed by atoms with Crippen LogP contribution < -0.4 is 5.32 Å². The van der Waals surface area contributed by atoms with Crippen LogP contribution in [0.2, 0.25) is 10.0 Å². The number of carbonyl (C=O) groups is 3. The SMILES string of the molecule is CC(C)(C)C1CC(C(=O)N2C[C@H](S(=O)(=O)c3ccccc3Cl)C[C@H]2C(=O)NC2(C#N)CC2)(c2ccc(Cl)cc2)CCN1C(=O)O. The maximum absolute atomic E-state index is 15.1. The lowest BCUT2D eigenvalue weighted by molar-refractivity contribution is -0.146. The number of hydrogen-bond acceptors (Lipinski definition) is 6. The van der Waals surface area contributed by atoms with E-state index in [1.807, 2.05) is 20.8 Å². The Balaban J connectivity index is 1.60. The number of amides is 3. The fourth-order valence-electron chi connectivity index (χ4n) is 6.70. The minimum atomic E-state index is -4.08. The van der Waals surface area contributed by atoms with Crippen molar-refractivity contribution in [3.8, 4) is 6.07 Å². The molecule has 2 aromatic carbocycles. The van der Waals surface area contributed by atoms with Gasteiger partial charge in [-0.3, -0.25) is 9.59 Å². The van der Waals surface area contributed by atoms with Crippen LogP contribution in [0.3, 0.4) is 0 Å². The smallest absolute Gasteiger partial charge is 0.407 e. The highest BCUT2D eigenvalue weighted by atomic mass is 35.5. The lowest BCUT2D eigenvalue weighted by Gasteiger charge is -2.50. The molecule has 10 nitrogen and oxygen atoms in total. The first-order valence-electron chi connectivity index (χ1n) is 14.8. The van der Waals surface area contributed by atoms with Crippen molar-refractivity contribution < 1.29 is 27.9 Å². The highest BCUT2D eigenvalue weighted by molar-refractivity contribution is 7.92. The highest BCUT2D eigenvalue weighted by Gasteiger charge is 2.57. The van der Waals surface area contributed by atoms with Crippen molar-refractivity contribution in [1.29, 1.82) is 5.26 Å². The Bertz CT molecular complexity index is 1670. The van der Waals surface area contributed by atoms with Gasteiger partial charge in [0.15, 0.2) is 9.84 Å². The molecule has 1 aliphatic carbocycles. The minimum Gasteiger partial charge on any atom is -0.465 e. The third-order valence-corrected chi connectivity index (χ3v) is 12.4. The summed E-state index contributed by atoms with van der Waals surface area (Å²) in [5.41, 5.74) is -2.28. The molecular weight excluding hydrogens is 639 g/mol. The molecule has 45 heavy (non-hydrogen) atoms. The van der Waals surface area contributed by atoms with Gasteiger partial charge in [0, 0.05) is 24.2 Å². The lowest BCUT2D eigenvalue weighted by Crippen LogP contribution is -2.61. The van der Waals surface area contributed by atoms with Crippen molar-refractivity contribution in [3.05, 3.63) is 64.1 Å². The molecule has 2 aromatic rings. The first-order valence-corrected chi connectivity index (χ1v) is 17.1. The number of hydrogen-bond donors (Lipinski definition) is 2. The average molecular weight is 676 g/mol. The fourth-order valence-corrected chi connectivity index (χ4v) is 9.04. The van der Waals surface area contributed by atoms with Gasteiger partial charge in [0.1, 0.15) is 11.6 Å². The summed E-state index contributed by atoms with van der Waals surface area (Å²) >= 11 is 12.5. The van der Waals surface area contributed by atoms with Gasteiger partial charge in [-0.25, -0.2) is 13.2 Å². The topological polar surface area (TPSA) is 148 Å². The van der Waals surface area contributed by atoms with Gasteiger partial charge in [0.2, 0.25) is 11.8 Å². The second-order valence-corrected chi connectivity index (χ2v) is 16.4. The third kappa shape index (κ3) is 6.12. The van der Waals surface area contributed by atoms with E-state index in [-0.39, 0.29) is 42.3 Å². The molecule has 240 valence electrons. The fraction of sp³-hybridized carbons (Fsp3) is 0.500. The summed E-state index contributed by atoms with van der Waals surface area (Å²) < 4.78 is 27.8. The van der Waals surface area contributed by atoms with Crippen LogP contribution in [0.1, 0.15) is 58.4 Å². The molecule has 2 aliphatic heterocycles. The van der Waals surface area contributed by atoms with Crippen molar-refractivity contribution in [1.82, 2.24) is 15.1 Å². The maximum Gasteiger partial charge on any atom is 0.407 e. The molecule has 4 atom stereocenters. The predicted octanol–water partition coefficient (Wildman–Crippen LogP) is 5.04. The zero-order valence-corrected chi connectivity index (χ0v) is 27.6. The van der Waals surface area contributed by atoms with E-state index >= 15 is 4.79 Å². The number of carbonyl (C=O) groups excluding carboxylic acids is 2. The van der Waals surface area contributed by atoms with Gasteiger partial charge < -0.3 is 20.2 Å². The second-order valence-electron chi connectivity index (χ2n) is 13.4. The van der Waals surface area contributed by atoms with E-state index in [0.29, 0.717) is 23.4 Å². The molecule has 13 heteroatoms. The standard InChI is InChI=1S/C32H36Cl2N4O6S/c1-30(2,3)26-17-32(14-15-37(26)29(41)42,20-8-10-21(33)11-9-20)28(40)38-18-22(45(43,44)25-7-5-4-6-23(25)34)16-24(38)27(39)36-31(19-35)12-13-31/h4-11,22,24,26H,12-18H2,1-3H3,(H,36,39)(H,41,42)/t22-,24+,26?,32?/m1/s1. The van der Waals surface area contributed by atoms with Crippen LogP contribution in [0, 0.1) is 16.7 Å². The van der Waals surface area contributed by atoms with E-state index in [2.05, 4.69) is 11.4 Å². The largest absolute Gasteiger partial charge is 0.465 e.